The monoisotopic (exact) mass is 299 g/mol. The molecule has 0 aliphatic carbocycles. The number of amides is 1. The van der Waals surface area contributed by atoms with Crippen LogP contribution in [0.5, 0.6) is 0 Å². The maximum atomic E-state index is 11.9. The minimum Gasteiger partial charge on any atom is -0.465 e. The van der Waals surface area contributed by atoms with Gasteiger partial charge in [0.05, 0.1) is 18.5 Å². The number of hydrogen-bond donors (Lipinski definition) is 1. The van der Waals surface area contributed by atoms with Crippen molar-refractivity contribution in [2.75, 3.05) is 13.7 Å². The number of ether oxygens (including phenoxy) is 1. The van der Waals surface area contributed by atoms with E-state index in [1.54, 1.807) is 12.1 Å². The maximum Gasteiger partial charge on any atom is 0.348 e. The van der Waals surface area contributed by atoms with E-state index >= 15 is 0 Å². The first kappa shape index (κ1) is 14.8. The predicted octanol–water partition coefficient (Wildman–Crippen LogP) is 2.32. The Hall–Kier alpha value is -2.58. The lowest BCUT2D eigenvalue weighted by Gasteiger charge is -1.97. The minimum absolute atomic E-state index is 0.249. The van der Waals surface area contributed by atoms with Gasteiger partial charge in [-0.3, -0.25) is 4.79 Å². The van der Waals surface area contributed by atoms with Crippen LogP contribution in [0.4, 0.5) is 0 Å². The highest BCUT2D eigenvalue weighted by molar-refractivity contribution is 7.15. The van der Waals surface area contributed by atoms with E-state index < -0.39 is 5.97 Å². The zero-order chi connectivity index (χ0) is 15.1. The van der Waals surface area contributed by atoms with Crippen molar-refractivity contribution in [2.45, 2.75) is 0 Å². The number of benzene rings is 1. The molecule has 1 heterocycles. The molecule has 0 aliphatic heterocycles. The van der Waals surface area contributed by atoms with Gasteiger partial charge in [0.1, 0.15) is 4.88 Å². The van der Waals surface area contributed by atoms with Crippen LogP contribution in [0.1, 0.15) is 24.9 Å². The van der Waals surface area contributed by atoms with Crippen LogP contribution in [0.25, 0.3) is 0 Å². The third-order valence-corrected chi connectivity index (χ3v) is 3.62. The van der Waals surface area contributed by atoms with Crippen molar-refractivity contribution in [1.82, 2.24) is 5.32 Å². The van der Waals surface area contributed by atoms with Crippen LogP contribution in [-0.4, -0.2) is 25.5 Å². The molecule has 1 aromatic carbocycles. The average Bonchev–Trinajstić information content (AvgIpc) is 3.01. The van der Waals surface area contributed by atoms with Gasteiger partial charge in [0, 0.05) is 5.56 Å². The molecule has 0 unspecified atom stereocenters. The molecule has 0 atom stereocenters. The van der Waals surface area contributed by atoms with E-state index in [0.29, 0.717) is 9.75 Å². The van der Waals surface area contributed by atoms with Crippen LogP contribution in [-0.2, 0) is 4.74 Å². The molecule has 1 amide bonds. The van der Waals surface area contributed by atoms with Crippen LogP contribution in [0.3, 0.4) is 0 Å². The summed E-state index contributed by atoms with van der Waals surface area (Å²) < 4.78 is 4.59. The summed E-state index contributed by atoms with van der Waals surface area (Å²) >= 11 is 1.09. The number of nitrogens with one attached hydrogen (secondary N) is 1. The fraction of sp³-hybridized carbons (Fsp3) is 0.125. The van der Waals surface area contributed by atoms with Crippen molar-refractivity contribution >= 4 is 23.2 Å². The zero-order valence-corrected chi connectivity index (χ0v) is 12.2. The van der Waals surface area contributed by atoms with Crippen molar-refractivity contribution in [3.8, 4) is 11.8 Å². The molecule has 1 aromatic heterocycles. The molecule has 2 aromatic rings. The Morgan fingerprint density at radius 2 is 1.86 bits per heavy atom. The van der Waals surface area contributed by atoms with Gasteiger partial charge < -0.3 is 10.1 Å². The Kier molecular flexibility index (Phi) is 5.13. The molecule has 2 rings (SSSR count). The molecule has 1 N–H and O–H groups in total. The van der Waals surface area contributed by atoms with E-state index in [9.17, 15) is 9.59 Å². The second-order valence-corrected chi connectivity index (χ2v) is 5.09. The average molecular weight is 299 g/mol. The first-order chi connectivity index (χ1) is 10.2. The van der Waals surface area contributed by atoms with Crippen LogP contribution >= 0.6 is 11.3 Å². The lowest BCUT2D eigenvalue weighted by atomic mass is 10.2. The largest absolute Gasteiger partial charge is 0.465 e. The van der Waals surface area contributed by atoms with Gasteiger partial charge in [-0.05, 0) is 24.3 Å². The van der Waals surface area contributed by atoms with Crippen LogP contribution in [0.2, 0.25) is 0 Å². The Morgan fingerprint density at radius 3 is 2.57 bits per heavy atom. The smallest absolute Gasteiger partial charge is 0.348 e. The highest BCUT2D eigenvalue weighted by Crippen LogP contribution is 2.16. The number of hydrogen-bond acceptors (Lipinski definition) is 4. The van der Waals surface area contributed by atoms with Gasteiger partial charge in [-0.1, -0.05) is 30.0 Å². The number of carbonyl (C=O) groups is 2. The Balaban J connectivity index is 1.89. The molecule has 0 bridgehead atoms. The van der Waals surface area contributed by atoms with Crippen molar-refractivity contribution in [3.63, 3.8) is 0 Å². The molecule has 0 fully saturated rings. The lowest BCUT2D eigenvalue weighted by Crippen LogP contribution is -2.22. The Bertz CT molecular complexity index is 695. The quantitative estimate of drug-likeness (QED) is 0.699. The van der Waals surface area contributed by atoms with E-state index in [1.807, 2.05) is 30.3 Å². The van der Waals surface area contributed by atoms with E-state index in [4.69, 9.17) is 0 Å². The highest BCUT2D eigenvalue weighted by Gasteiger charge is 2.13. The van der Waals surface area contributed by atoms with Gasteiger partial charge >= 0.3 is 5.97 Å². The molecule has 0 radical (unpaired) electrons. The van der Waals surface area contributed by atoms with E-state index in [2.05, 4.69) is 21.9 Å². The minimum atomic E-state index is -0.442. The van der Waals surface area contributed by atoms with Crippen LogP contribution < -0.4 is 5.32 Å². The van der Waals surface area contributed by atoms with Gasteiger partial charge in [-0.2, -0.15) is 0 Å². The highest BCUT2D eigenvalue weighted by atomic mass is 32.1. The number of esters is 1. The summed E-state index contributed by atoms with van der Waals surface area (Å²) in [5.74, 6) is 5.13. The second kappa shape index (κ2) is 7.27. The van der Waals surface area contributed by atoms with E-state index in [0.717, 1.165) is 16.9 Å². The molecular weight excluding hydrogens is 286 g/mol. The number of rotatable bonds is 3. The number of thiophene rings is 1. The third kappa shape index (κ3) is 4.20. The Morgan fingerprint density at radius 1 is 1.14 bits per heavy atom. The maximum absolute atomic E-state index is 11.9. The SMILES string of the molecule is COC(=O)c1ccc(C(=O)NCC#Cc2ccccc2)s1. The molecule has 106 valence electrons. The third-order valence-electron chi connectivity index (χ3n) is 2.56. The van der Waals surface area contributed by atoms with Crippen molar-refractivity contribution in [2.24, 2.45) is 0 Å². The number of methoxy groups -OCH3 is 1. The van der Waals surface area contributed by atoms with Gasteiger partial charge in [0.15, 0.2) is 0 Å². The van der Waals surface area contributed by atoms with Crippen LogP contribution in [0.15, 0.2) is 42.5 Å². The van der Waals surface area contributed by atoms with Gasteiger partial charge in [0.25, 0.3) is 5.91 Å². The van der Waals surface area contributed by atoms with Gasteiger partial charge in [-0.25, -0.2) is 4.79 Å². The standard InChI is InChI=1S/C16H13NO3S/c1-20-16(19)14-10-9-13(21-14)15(18)17-11-5-8-12-6-3-2-4-7-12/h2-4,6-7,9-10H,11H2,1H3,(H,17,18). The van der Waals surface area contributed by atoms with Crippen molar-refractivity contribution in [1.29, 1.82) is 0 Å². The topological polar surface area (TPSA) is 55.4 Å². The van der Waals surface area contributed by atoms with Crippen molar-refractivity contribution in [3.05, 3.63) is 57.8 Å². The summed E-state index contributed by atoms with van der Waals surface area (Å²) in [5.41, 5.74) is 0.899. The first-order valence-electron chi connectivity index (χ1n) is 6.21. The van der Waals surface area contributed by atoms with Gasteiger partial charge in [-0.15, -0.1) is 11.3 Å². The zero-order valence-electron chi connectivity index (χ0n) is 11.4. The number of carbonyl (C=O) groups excluding carboxylic acids is 2. The normalized spacial score (nSPS) is 9.38. The molecule has 0 saturated heterocycles. The Labute approximate surface area is 126 Å². The van der Waals surface area contributed by atoms with Crippen molar-refractivity contribution < 1.29 is 14.3 Å². The van der Waals surface area contributed by atoms with Gasteiger partial charge in [0.2, 0.25) is 0 Å². The summed E-state index contributed by atoms with van der Waals surface area (Å²) in [7, 11) is 1.31. The second-order valence-electron chi connectivity index (χ2n) is 4.01. The van der Waals surface area contributed by atoms with Crippen LogP contribution in [0, 0.1) is 11.8 Å². The summed E-state index contributed by atoms with van der Waals surface area (Å²) in [5, 5.41) is 2.69. The molecule has 5 heteroatoms. The molecule has 0 spiro atoms. The van der Waals surface area contributed by atoms with E-state index in [1.165, 1.54) is 7.11 Å². The first-order valence-corrected chi connectivity index (χ1v) is 7.02. The summed E-state index contributed by atoms with van der Waals surface area (Å²) in [6.07, 6.45) is 0. The molecular formula is C16H13NO3S. The molecule has 21 heavy (non-hydrogen) atoms. The van der Waals surface area contributed by atoms with E-state index in [-0.39, 0.29) is 12.5 Å². The molecule has 0 aliphatic rings. The summed E-state index contributed by atoms with van der Waals surface area (Å²) in [6.45, 7) is 0.249. The lowest BCUT2D eigenvalue weighted by molar-refractivity contribution is 0.0606. The summed E-state index contributed by atoms with van der Waals surface area (Å²) in [4.78, 5) is 24.0. The molecule has 0 saturated carbocycles. The predicted molar refractivity (Wildman–Crippen MR) is 81.3 cm³/mol. The fourth-order valence-electron chi connectivity index (χ4n) is 1.55. The molecule has 4 nitrogen and oxygen atoms in total. The summed E-state index contributed by atoms with van der Waals surface area (Å²) in [6, 6.07) is 12.7. The fourth-order valence-corrected chi connectivity index (χ4v) is 2.39.